The van der Waals surface area contributed by atoms with Crippen molar-refractivity contribution in [1.82, 2.24) is 3.26 Å². The predicted octanol–water partition coefficient (Wildman–Crippen LogP) is -2.29. The topological polar surface area (TPSA) is 29.1 Å². The Morgan fingerprint density at radius 2 is 1.62 bits per heavy atom. The monoisotopic (exact) mass is 454 g/mol. The third kappa shape index (κ3) is 4.70. The number of allylic oxidation sites excluding steroid dienone is 1. The van der Waals surface area contributed by atoms with E-state index in [1.807, 2.05) is 30.3 Å². The zero-order chi connectivity index (χ0) is 15.5. The smallest absolute Gasteiger partial charge is 1.00 e. The normalized spacial score (nSPS) is 14.4. The predicted molar refractivity (Wildman–Crippen MR) is 91.0 cm³/mol. The second-order valence-corrected chi connectivity index (χ2v) is 24.8. The molecule has 1 unspecified atom stereocenters. The van der Waals surface area contributed by atoms with E-state index in [0.717, 1.165) is 5.56 Å². The molecule has 0 fully saturated rings. The van der Waals surface area contributed by atoms with Crippen molar-refractivity contribution in [3.63, 3.8) is 0 Å². The van der Waals surface area contributed by atoms with Crippen LogP contribution in [0, 0.1) is 0 Å². The van der Waals surface area contributed by atoms with Crippen molar-refractivity contribution in [3.8, 4) is 0 Å². The van der Waals surface area contributed by atoms with Gasteiger partial charge < -0.3 is 24.8 Å². The summed E-state index contributed by atoms with van der Waals surface area (Å²) in [5.41, 5.74) is 3.53. The van der Waals surface area contributed by atoms with Gasteiger partial charge in [0.05, 0.1) is 0 Å². The average molecular weight is 457 g/mol. The molecule has 125 valence electrons. The molecule has 0 spiro atoms. The molecule has 2 nitrogen and oxygen atoms in total. The molecule has 24 heavy (non-hydrogen) atoms. The molecule has 0 radical (unpaired) electrons. The molecule has 1 amide bonds. The Balaban J connectivity index is 0.00000144. The van der Waals surface area contributed by atoms with Gasteiger partial charge in [0, 0.05) is 0 Å². The standard InChI is InChI=1S/C9H7.C7H7NO.C2H7Si.2ClH.Zr/c1-2-5-9-7-3-6-8(9)4-1;8-7(9)6-4-2-1-3-5-6;1-3-2;;;/h1-7H;1-5H,(H2,8,9);3H,1-2H3;2*1H;/q;;;;;+3/p-3. The number of carbonyl (C=O) groups is 1. The van der Waals surface area contributed by atoms with Crippen molar-refractivity contribution in [3.05, 3.63) is 77.4 Å². The van der Waals surface area contributed by atoms with Crippen molar-refractivity contribution >= 4 is 17.9 Å². The van der Waals surface area contributed by atoms with Gasteiger partial charge in [0.25, 0.3) is 0 Å². The fourth-order valence-electron chi connectivity index (χ4n) is 2.89. The van der Waals surface area contributed by atoms with Crippen LogP contribution in [0.2, 0.25) is 13.1 Å². The first-order chi connectivity index (χ1) is 10.7. The Bertz CT molecular complexity index is 709. The number of benzene rings is 2. The van der Waals surface area contributed by atoms with Gasteiger partial charge in [-0.3, -0.25) is 0 Å². The van der Waals surface area contributed by atoms with Gasteiger partial charge in [0.2, 0.25) is 0 Å². The van der Waals surface area contributed by atoms with E-state index in [4.69, 9.17) is 0 Å². The Morgan fingerprint density at radius 1 is 1.00 bits per heavy atom. The second kappa shape index (κ2) is 9.72. The number of hydrogen-bond acceptors (Lipinski definition) is 1. The molecule has 1 aliphatic carbocycles. The van der Waals surface area contributed by atoms with E-state index in [-0.39, 0.29) is 30.7 Å². The molecule has 1 aliphatic rings. The maximum absolute atomic E-state index is 12.6. The molecule has 3 rings (SSSR count). The van der Waals surface area contributed by atoms with Crippen LogP contribution in [-0.2, 0) is 21.2 Å². The van der Waals surface area contributed by atoms with Gasteiger partial charge in [-0.2, -0.15) is 0 Å². The van der Waals surface area contributed by atoms with Crippen molar-refractivity contribution in [2.75, 3.05) is 0 Å². The molecule has 0 bridgehead atoms. The molecule has 0 saturated carbocycles. The van der Waals surface area contributed by atoms with Gasteiger partial charge in [0.15, 0.2) is 0 Å². The minimum Gasteiger partial charge on any atom is -1.00 e. The number of hydrogen-bond donors (Lipinski definition) is 1. The van der Waals surface area contributed by atoms with E-state index >= 15 is 0 Å². The molecule has 0 heterocycles. The summed E-state index contributed by atoms with van der Waals surface area (Å²) < 4.78 is 3.98. The van der Waals surface area contributed by atoms with E-state index in [2.05, 4.69) is 52.8 Å². The SMILES string of the molecule is C[SiH](C)[Zr+2]([NH]C(=O)c1ccccc1)[CH]1C=Cc2ccccc21.[Cl-].[Cl-]. The minimum atomic E-state index is -2.04. The summed E-state index contributed by atoms with van der Waals surface area (Å²) in [6, 6.07) is 18.2. The molecule has 6 heteroatoms. The van der Waals surface area contributed by atoms with Crippen LogP contribution in [0.4, 0.5) is 0 Å². The Labute approximate surface area is 165 Å². The molecule has 0 aromatic heterocycles. The average Bonchev–Trinajstić information content (AvgIpc) is 2.96. The maximum atomic E-state index is 12.6. The van der Waals surface area contributed by atoms with Gasteiger partial charge in [0.1, 0.15) is 0 Å². The van der Waals surface area contributed by atoms with E-state index in [1.165, 1.54) is 11.1 Å². The van der Waals surface area contributed by atoms with Crippen molar-refractivity contribution in [2.45, 2.75) is 16.7 Å². The number of halogens is 2. The van der Waals surface area contributed by atoms with Crippen molar-refractivity contribution < 1.29 is 50.8 Å². The van der Waals surface area contributed by atoms with Crippen molar-refractivity contribution in [2.24, 2.45) is 0 Å². The molecule has 0 aliphatic heterocycles. The van der Waals surface area contributed by atoms with Crippen LogP contribution in [0.25, 0.3) is 6.08 Å². The van der Waals surface area contributed by atoms with Crippen LogP contribution in [0.3, 0.4) is 0 Å². The van der Waals surface area contributed by atoms with Gasteiger partial charge in [-0.25, -0.2) is 0 Å². The Hall–Kier alpha value is -0.670. The second-order valence-electron chi connectivity index (χ2n) is 5.90. The number of rotatable bonds is 4. The van der Waals surface area contributed by atoms with Crippen LogP contribution in [0.1, 0.15) is 25.1 Å². The number of fused-ring (bicyclic) bond motifs is 1. The number of nitrogens with one attached hydrogen (secondary N) is 1. The van der Waals surface area contributed by atoms with Crippen molar-refractivity contribution in [1.29, 1.82) is 0 Å². The Morgan fingerprint density at radius 3 is 2.29 bits per heavy atom. The summed E-state index contributed by atoms with van der Waals surface area (Å²) >= 11 is -2.04. The van der Waals surface area contributed by atoms with E-state index in [1.54, 1.807) is 0 Å². The fourth-order valence-corrected chi connectivity index (χ4v) is 17.4. The van der Waals surface area contributed by atoms with Crippen LogP contribution in [0.15, 0.2) is 60.7 Å². The van der Waals surface area contributed by atoms with E-state index in [9.17, 15) is 4.79 Å². The number of amides is 1. The van der Waals surface area contributed by atoms with Crippen LogP contribution >= 0.6 is 0 Å². The molecule has 0 saturated heterocycles. The summed E-state index contributed by atoms with van der Waals surface area (Å²) in [5, 5.41) is 0. The molecule has 1 N–H and O–H groups in total. The van der Waals surface area contributed by atoms with Crippen LogP contribution in [-0.4, -0.2) is 11.8 Å². The quantitative estimate of drug-likeness (QED) is 0.516. The van der Waals surface area contributed by atoms with Crippen LogP contribution < -0.4 is 28.1 Å². The van der Waals surface area contributed by atoms with Gasteiger partial charge in [-0.05, 0) is 0 Å². The van der Waals surface area contributed by atoms with Crippen LogP contribution in [0.5, 0.6) is 0 Å². The molecular formula is C18H20Cl2NOSiZr. The fraction of sp³-hybridized carbons (Fsp3) is 0.167. The summed E-state index contributed by atoms with van der Waals surface area (Å²) in [5.74, 6) is -0.744. The minimum absolute atomic E-state index is 0. The first-order valence-corrected chi connectivity index (χ1v) is 17.5. The zero-order valence-corrected chi connectivity index (χ0v) is 18.8. The summed E-state index contributed by atoms with van der Waals surface area (Å²) in [7, 11) is 0. The molecule has 2 aromatic carbocycles. The largest absolute Gasteiger partial charge is 1.00 e. The van der Waals surface area contributed by atoms with Gasteiger partial charge in [-0.1, -0.05) is 0 Å². The number of carbonyl (C=O) groups excluding carboxylic acids is 1. The third-order valence-electron chi connectivity index (χ3n) is 4.05. The third-order valence-corrected chi connectivity index (χ3v) is 21.6. The molecule has 2 aromatic rings. The summed E-state index contributed by atoms with van der Waals surface area (Å²) in [6.45, 7) is 4.77. The molecule has 1 atom stereocenters. The summed E-state index contributed by atoms with van der Waals surface area (Å²) in [6.07, 6.45) is 4.56. The first kappa shape index (κ1) is 21.4. The first-order valence-electron chi connectivity index (χ1n) is 7.67. The molecular weight excluding hydrogens is 436 g/mol. The maximum Gasteiger partial charge on any atom is -1.00 e. The Kier molecular flexibility index (Phi) is 8.66. The zero-order valence-electron chi connectivity index (χ0n) is 13.7. The van der Waals surface area contributed by atoms with Gasteiger partial charge in [-0.15, -0.1) is 0 Å². The van der Waals surface area contributed by atoms with E-state index < -0.39 is 27.1 Å². The van der Waals surface area contributed by atoms with Gasteiger partial charge >= 0.3 is 141 Å². The van der Waals surface area contributed by atoms with E-state index in [0.29, 0.717) is 3.63 Å². The summed E-state index contributed by atoms with van der Waals surface area (Å²) in [4.78, 5) is 12.6.